The monoisotopic (exact) mass is 412 g/mol. The van der Waals surface area contributed by atoms with Crippen LogP contribution >= 0.6 is 11.6 Å². The number of ether oxygens (including phenoxy) is 1. The highest BCUT2D eigenvalue weighted by molar-refractivity contribution is 7.89. The SMILES string of the molecule is O=S(=O)(CCCOc1ccc(F)cc1)N1CCN(c2ccc(Cl)cc2)CC1. The fraction of sp³-hybridized carbons (Fsp3) is 0.368. The first kappa shape index (κ1) is 19.9. The minimum Gasteiger partial charge on any atom is -0.494 e. The van der Waals surface area contributed by atoms with Crippen molar-refractivity contribution in [3.8, 4) is 5.75 Å². The zero-order chi connectivity index (χ0) is 19.3. The number of anilines is 1. The van der Waals surface area contributed by atoms with Crippen LogP contribution in [0.15, 0.2) is 48.5 Å². The molecule has 1 heterocycles. The molecule has 1 aliphatic heterocycles. The second-order valence-electron chi connectivity index (χ2n) is 6.33. The Bertz CT molecular complexity index is 836. The topological polar surface area (TPSA) is 49.9 Å². The summed E-state index contributed by atoms with van der Waals surface area (Å²) in [5, 5.41) is 0.683. The van der Waals surface area contributed by atoms with Gasteiger partial charge in [-0.25, -0.2) is 12.8 Å². The van der Waals surface area contributed by atoms with Gasteiger partial charge in [-0.3, -0.25) is 0 Å². The third-order valence-electron chi connectivity index (χ3n) is 4.45. The molecule has 0 atom stereocenters. The Morgan fingerprint density at radius 2 is 1.59 bits per heavy atom. The van der Waals surface area contributed by atoms with E-state index in [1.54, 1.807) is 0 Å². The maximum absolute atomic E-state index is 12.8. The first-order chi connectivity index (χ1) is 12.9. The van der Waals surface area contributed by atoms with Crippen molar-refractivity contribution in [2.75, 3.05) is 43.4 Å². The van der Waals surface area contributed by atoms with E-state index >= 15 is 0 Å². The van der Waals surface area contributed by atoms with Gasteiger partial charge in [-0.05, 0) is 55.0 Å². The minimum absolute atomic E-state index is 0.0368. The Morgan fingerprint density at radius 1 is 0.963 bits per heavy atom. The van der Waals surface area contributed by atoms with Gasteiger partial charge in [-0.2, -0.15) is 4.31 Å². The molecule has 1 saturated heterocycles. The first-order valence-corrected chi connectivity index (χ1v) is 10.8. The van der Waals surface area contributed by atoms with E-state index < -0.39 is 10.0 Å². The normalized spacial score (nSPS) is 15.7. The smallest absolute Gasteiger partial charge is 0.214 e. The van der Waals surface area contributed by atoms with E-state index in [0.29, 0.717) is 43.4 Å². The van der Waals surface area contributed by atoms with E-state index in [0.717, 1.165) is 5.69 Å². The third kappa shape index (κ3) is 5.57. The first-order valence-electron chi connectivity index (χ1n) is 8.81. The van der Waals surface area contributed by atoms with Gasteiger partial charge in [0.15, 0.2) is 0 Å². The molecule has 0 aliphatic carbocycles. The second-order valence-corrected chi connectivity index (χ2v) is 8.86. The van der Waals surface area contributed by atoms with E-state index in [4.69, 9.17) is 16.3 Å². The summed E-state index contributed by atoms with van der Waals surface area (Å²) >= 11 is 5.91. The summed E-state index contributed by atoms with van der Waals surface area (Å²) in [7, 11) is -3.31. The van der Waals surface area contributed by atoms with E-state index in [-0.39, 0.29) is 18.2 Å². The average Bonchev–Trinajstić information content (AvgIpc) is 2.67. The minimum atomic E-state index is -3.31. The highest BCUT2D eigenvalue weighted by atomic mass is 35.5. The molecule has 0 spiro atoms. The summed E-state index contributed by atoms with van der Waals surface area (Å²) in [6.07, 6.45) is 0.386. The third-order valence-corrected chi connectivity index (χ3v) is 6.66. The number of sulfonamides is 1. The number of rotatable bonds is 7. The predicted octanol–water partition coefficient (Wildman–Crippen LogP) is 3.40. The lowest BCUT2D eigenvalue weighted by molar-refractivity contribution is 0.314. The van der Waals surface area contributed by atoms with Crippen LogP contribution in [0.25, 0.3) is 0 Å². The van der Waals surface area contributed by atoms with Crippen molar-refractivity contribution in [3.63, 3.8) is 0 Å². The lowest BCUT2D eigenvalue weighted by Gasteiger charge is -2.35. The Hall–Kier alpha value is -1.83. The zero-order valence-corrected chi connectivity index (χ0v) is 16.4. The number of benzene rings is 2. The van der Waals surface area contributed by atoms with Crippen LogP contribution < -0.4 is 9.64 Å². The summed E-state index contributed by atoms with van der Waals surface area (Å²) in [6, 6.07) is 13.2. The fourth-order valence-electron chi connectivity index (χ4n) is 2.97. The van der Waals surface area contributed by atoms with Crippen molar-refractivity contribution in [2.45, 2.75) is 6.42 Å². The molecule has 146 valence electrons. The molecule has 27 heavy (non-hydrogen) atoms. The number of piperazine rings is 1. The summed E-state index contributed by atoms with van der Waals surface area (Å²) < 4.78 is 44.9. The van der Waals surface area contributed by atoms with Crippen LogP contribution in [0.5, 0.6) is 5.75 Å². The molecule has 0 radical (unpaired) electrons. The molecule has 3 rings (SSSR count). The Kier molecular flexibility index (Phi) is 6.57. The van der Waals surface area contributed by atoms with Crippen molar-refractivity contribution in [1.29, 1.82) is 0 Å². The van der Waals surface area contributed by atoms with Crippen LogP contribution in [-0.2, 0) is 10.0 Å². The van der Waals surface area contributed by atoms with Crippen LogP contribution in [0.4, 0.5) is 10.1 Å². The molecular formula is C19H22ClFN2O3S. The van der Waals surface area contributed by atoms with Crippen molar-refractivity contribution < 1.29 is 17.5 Å². The maximum Gasteiger partial charge on any atom is 0.214 e. The van der Waals surface area contributed by atoms with Crippen LogP contribution in [0.1, 0.15) is 6.42 Å². The van der Waals surface area contributed by atoms with Crippen molar-refractivity contribution >= 4 is 27.3 Å². The van der Waals surface area contributed by atoms with Gasteiger partial charge in [0.25, 0.3) is 0 Å². The Labute approximate surface area is 164 Å². The molecule has 0 N–H and O–H groups in total. The largest absolute Gasteiger partial charge is 0.494 e. The highest BCUT2D eigenvalue weighted by Crippen LogP contribution is 2.20. The fourth-order valence-corrected chi connectivity index (χ4v) is 4.55. The summed E-state index contributed by atoms with van der Waals surface area (Å²) in [5.41, 5.74) is 1.05. The molecule has 0 amide bonds. The van der Waals surface area contributed by atoms with Gasteiger partial charge in [-0.15, -0.1) is 0 Å². The van der Waals surface area contributed by atoms with Gasteiger partial charge in [0.05, 0.1) is 12.4 Å². The lowest BCUT2D eigenvalue weighted by Crippen LogP contribution is -2.49. The van der Waals surface area contributed by atoms with Gasteiger partial charge >= 0.3 is 0 Å². The summed E-state index contributed by atoms with van der Waals surface area (Å²) in [5.74, 6) is 0.239. The summed E-state index contributed by atoms with van der Waals surface area (Å²) in [4.78, 5) is 2.15. The molecule has 0 unspecified atom stereocenters. The van der Waals surface area contributed by atoms with Crippen LogP contribution in [0, 0.1) is 5.82 Å². The molecule has 8 heteroatoms. The highest BCUT2D eigenvalue weighted by Gasteiger charge is 2.26. The molecule has 0 bridgehead atoms. The van der Waals surface area contributed by atoms with Gasteiger partial charge in [-0.1, -0.05) is 11.6 Å². The van der Waals surface area contributed by atoms with Crippen molar-refractivity contribution in [1.82, 2.24) is 4.31 Å². The second kappa shape index (κ2) is 8.91. The van der Waals surface area contributed by atoms with Crippen LogP contribution in [0.2, 0.25) is 5.02 Å². The van der Waals surface area contributed by atoms with Gasteiger partial charge in [0.2, 0.25) is 10.0 Å². The molecule has 1 aliphatic rings. The Balaban J connectivity index is 1.44. The van der Waals surface area contributed by atoms with Gasteiger partial charge < -0.3 is 9.64 Å². The van der Waals surface area contributed by atoms with E-state index in [1.165, 1.54) is 28.6 Å². The Morgan fingerprint density at radius 3 is 2.22 bits per heavy atom. The van der Waals surface area contributed by atoms with Gasteiger partial charge in [0.1, 0.15) is 11.6 Å². The van der Waals surface area contributed by atoms with E-state index in [1.807, 2.05) is 24.3 Å². The summed E-state index contributed by atoms with van der Waals surface area (Å²) in [6.45, 7) is 2.49. The molecule has 2 aromatic rings. The quantitative estimate of drug-likeness (QED) is 0.654. The van der Waals surface area contributed by atoms with E-state index in [2.05, 4.69) is 4.90 Å². The van der Waals surface area contributed by atoms with E-state index in [9.17, 15) is 12.8 Å². The molecule has 5 nitrogen and oxygen atoms in total. The number of halogens is 2. The molecule has 2 aromatic carbocycles. The van der Waals surface area contributed by atoms with Crippen LogP contribution in [0.3, 0.4) is 0 Å². The predicted molar refractivity (Wildman–Crippen MR) is 106 cm³/mol. The standard InChI is InChI=1S/C19H22ClFN2O3S/c20-16-2-6-18(7-3-16)22-10-12-23(13-11-22)27(24,25)15-1-14-26-19-8-4-17(21)5-9-19/h2-9H,1,10-15H2. The molecule has 1 fully saturated rings. The lowest BCUT2D eigenvalue weighted by atomic mass is 10.2. The average molecular weight is 413 g/mol. The van der Waals surface area contributed by atoms with Gasteiger partial charge in [0, 0.05) is 36.9 Å². The number of hydrogen-bond donors (Lipinski definition) is 0. The molecule has 0 saturated carbocycles. The molecular weight excluding hydrogens is 391 g/mol. The van der Waals surface area contributed by atoms with Crippen LogP contribution in [-0.4, -0.2) is 51.3 Å². The zero-order valence-electron chi connectivity index (χ0n) is 14.9. The van der Waals surface area contributed by atoms with Crippen molar-refractivity contribution in [3.05, 3.63) is 59.4 Å². The van der Waals surface area contributed by atoms with Crippen molar-refractivity contribution in [2.24, 2.45) is 0 Å². The number of hydrogen-bond acceptors (Lipinski definition) is 4. The maximum atomic E-state index is 12.8. The molecule has 0 aromatic heterocycles. The number of nitrogens with zero attached hydrogens (tertiary/aromatic N) is 2.